The van der Waals surface area contributed by atoms with Gasteiger partial charge in [0.05, 0.1) is 11.4 Å². The van der Waals surface area contributed by atoms with Gasteiger partial charge >= 0.3 is 0 Å². The van der Waals surface area contributed by atoms with E-state index in [-0.39, 0.29) is 0 Å². The van der Waals surface area contributed by atoms with Crippen molar-refractivity contribution in [2.75, 3.05) is 18.0 Å². The van der Waals surface area contributed by atoms with Gasteiger partial charge in [-0.2, -0.15) is 15.3 Å². The van der Waals surface area contributed by atoms with E-state index in [1.807, 2.05) is 30.8 Å². The number of aryl methyl sites for hydroxylation is 4. The molecule has 3 aromatic heterocycles. The predicted molar refractivity (Wildman–Crippen MR) is 92.3 cm³/mol. The molecule has 0 saturated carbocycles. The molecule has 0 aromatic carbocycles. The van der Waals surface area contributed by atoms with E-state index >= 15 is 0 Å². The molecule has 0 unspecified atom stereocenters. The van der Waals surface area contributed by atoms with Gasteiger partial charge in [0, 0.05) is 26.6 Å². The van der Waals surface area contributed by atoms with Crippen LogP contribution in [-0.4, -0.2) is 42.5 Å². The van der Waals surface area contributed by atoms with Crippen LogP contribution in [0.4, 0.5) is 5.95 Å². The summed E-state index contributed by atoms with van der Waals surface area (Å²) in [6.07, 6.45) is 3.97. The van der Waals surface area contributed by atoms with Gasteiger partial charge < -0.3 is 4.90 Å². The molecule has 1 aliphatic heterocycles. The average Bonchev–Trinajstić information content (AvgIpc) is 3.33. The van der Waals surface area contributed by atoms with Crippen LogP contribution in [0.25, 0.3) is 5.65 Å². The summed E-state index contributed by atoms with van der Waals surface area (Å²) in [5.41, 5.74) is 2.85. The van der Waals surface area contributed by atoms with Gasteiger partial charge in [-0.3, -0.25) is 4.68 Å². The Labute approximate surface area is 145 Å². The Morgan fingerprint density at radius 2 is 1.92 bits per heavy atom. The van der Waals surface area contributed by atoms with Crippen molar-refractivity contribution < 1.29 is 0 Å². The van der Waals surface area contributed by atoms with E-state index in [2.05, 4.69) is 26.2 Å². The molecule has 4 heterocycles. The van der Waals surface area contributed by atoms with Crippen LogP contribution in [0.5, 0.6) is 0 Å². The quantitative estimate of drug-likeness (QED) is 0.716. The van der Waals surface area contributed by atoms with E-state index in [1.54, 1.807) is 4.52 Å². The molecule has 0 aliphatic carbocycles. The highest BCUT2D eigenvalue weighted by Gasteiger charge is 2.18. The highest BCUT2D eigenvalue weighted by molar-refractivity contribution is 5.45. The molecule has 4 rings (SSSR count). The monoisotopic (exact) mass is 336 g/mol. The fraction of sp³-hybridized carbons (Fsp3) is 0.471. The number of nitrogens with zero attached hydrogens (tertiary/aromatic N) is 8. The van der Waals surface area contributed by atoms with E-state index < -0.39 is 0 Å². The predicted octanol–water partition coefficient (Wildman–Crippen LogP) is 1.42. The van der Waals surface area contributed by atoms with Crippen LogP contribution in [0.1, 0.15) is 35.7 Å². The number of nitriles is 1. The Kier molecular flexibility index (Phi) is 3.84. The van der Waals surface area contributed by atoms with Gasteiger partial charge in [0.15, 0.2) is 11.3 Å². The number of hydrogen-bond acceptors (Lipinski definition) is 6. The van der Waals surface area contributed by atoms with Crippen molar-refractivity contribution in [3.8, 4) is 6.07 Å². The Morgan fingerprint density at radius 3 is 2.68 bits per heavy atom. The summed E-state index contributed by atoms with van der Waals surface area (Å²) in [5, 5.41) is 18.2. The van der Waals surface area contributed by atoms with Crippen LogP contribution in [0.2, 0.25) is 0 Å². The van der Waals surface area contributed by atoms with E-state index in [0.717, 1.165) is 49.1 Å². The molecule has 8 nitrogen and oxygen atoms in total. The van der Waals surface area contributed by atoms with Crippen molar-refractivity contribution in [3.05, 3.63) is 35.0 Å². The first-order valence-electron chi connectivity index (χ1n) is 8.56. The largest absolute Gasteiger partial charge is 0.340 e. The minimum absolute atomic E-state index is 0.424. The van der Waals surface area contributed by atoms with Gasteiger partial charge in [-0.05, 0) is 38.3 Å². The zero-order chi connectivity index (χ0) is 17.4. The van der Waals surface area contributed by atoms with Gasteiger partial charge in [-0.15, -0.1) is 5.10 Å². The van der Waals surface area contributed by atoms with Crippen LogP contribution in [0.15, 0.2) is 12.1 Å². The summed E-state index contributed by atoms with van der Waals surface area (Å²) in [6.45, 7) is 3.95. The van der Waals surface area contributed by atoms with Crippen molar-refractivity contribution in [1.29, 1.82) is 5.26 Å². The molecule has 0 radical (unpaired) electrons. The van der Waals surface area contributed by atoms with Crippen LogP contribution < -0.4 is 4.90 Å². The second-order valence-electron chi connectivity index (χ2n) is 6.40. The number of rotatable bonds is 4. The Morgan fingerprint density at radius 1 is 1.12 bits per heavy atom. The third-order valence-electron chi connectivity index (χ3n) is 4.70. The zero-order valence-corrected chi connectivity index (χ0v) is 14.5. The van der Waals surface area contributed by atoms with Crippen molar-refractivity contribution in [2.45, 2.75) is 32.6 Å². The fourth-order valence-corrected chi connectivity index (χ4v) is 3.23. The van der Waals surface area contributed by atoms with Gasteiger partial charge in [0.25, 0.3) is 0 Å². The maximum atomic E-state index is 9.09. The van der Waals surface area contributed by atoms with Crippen molar-refractivity contribution >= 4 is 11.6 Å². The standard InChI is InChI=1S/C17H20N8/c1-12-14(11-18)19-16-8-6-13(21-25(12)16)5-7-15-20-17(22-23(15)2)24-9-3-4-10-24/h6,8H,3-5,7,9-10H2,1-2H3. The Hall–Kier alpha value is -2.95. The fourth-order valence-electron chi connectivity index (χ4n) is 3.23. The average molecular weight is 336 g/mol. The molecule has 0 N–H and O–H groups in total. The Balaban J connectivity index is 1.52. The summed E-state index contributed by atoms with van der Waals surface area (Å²) >= 11 is 0. The Bertz CT molecular complexity index is 955. The van der Waals surface area contributed by atoms with Gasteiger partial charge in [0.1, 0.15) is 11.9 Å². The molecule has 0 amide bonds. The molecule has 0 spiro atoms. The van der Waals surface area contributed by atoms with Gasteiger partial charge in [0.2, 0.25) is 5.95 Å². The first-order valence-corrected chi connectivity index (χ1v) is 8.56. The summed E-state index contributed by atoms with van der Waals surface area (Å²) in [5.74, 6) is 1.80. The lowest BCUT2D eigenvalue weighted by Crippen LogP contribution is -2.19. The molecular formula is C17H20N8. The molecule has 8 heteroatoms. The summed E-state index contributed by atoms with van der Waals surface area (Å²) < 4.78 is 3.60. The molecular weight excluding hydrogens is 316 g/mol. The molecule has 3 aromatic rings. The van der Waals surface area contributed by atoms with Crippen molar-refractivity contribution in [2.24, 2.45) is 7.05 Å². The van der Waals surface area contributed by atoms with Crippen LogP contribution >= 0.6 is 0 Å². The second kappa shape index (κ2) is 6.16. The van der Waals surface area contributed by atoms with Crippen LogP contribution in [0, 0.1) is 18.3 Å². The van der Waals surface area contributed by atoms with Crippen molar-refractivity contribution in [1.82, 2.24) is 29.4 Å². The normalized spacial score (nSPS) is 14.4. The first kappa shape index (κ1) is 15.6. The molecule has 1 saturated heterocycles. The van der Waals surface area contributed by atoms with E-state index in [9.17, 15) is 0 Å². The van der Waals surface area contributed by atoms with E-state index in [0.29, 0.717) is 11.3 Å². The number of fused-ring (bicyclic) bond motifs is 1. The van der Waals surface area contributed by atoms with Gasteiger partial charge in [-0.25, -0.2) is 9.50 Å². The molecule has 25 heavy (non-hydrogen) atoms. The number of aromatic nitrogens is 6. The van der Waals surface area contributed by atoms with E-state index in [1.165, 1.54) is 12.8 Å². The lowest BCUT2D eigenvalue weighted by molar-refractivity contribution is 0.681. The number of imidazole rings is 1. The SMILES string of the molecule is Cc1c(C#N)nc2ccc(CCc3nc(N4CCCC4)nn3C)nn12. The first-order chi connectivity index (χ1) is 12.2. The third-order valence-corrected chi connectivity index (χ3v) is 4.70. The molecule has 0 atom stereocenters. The molecule has 128 valence electrons. The van der Waals surface area contributed by atoms with Crippen molar-refractivity contribution in [3.63, 3.8) is 0 Å². The lowest BCUT2D eigenvalue weighted by Gasteiger charge is -2.10. The minimum atomic E-state index is 0.424. The summed E-state index contributed by atoms with van der Waals surface area (Å²) in [4.78, 5) is 11.2. The zero-order valence-electron chi connectivity index (χ0n) is 14.5. The smallest absolute Gasteiger partial charge is 0.244 e. The maximum Gasteiger partial charge on any atom is 0.244 e. The minimum Gasteiger partial charge on any atom is -0.340 e. The maximum absolute atomic E-state index is 9.09. The van der Waals surface area contributed by atoms with Crippen LogP contribution in [0.3, 0.4) is 0 Å². The highest BCUT2D eigenvalue weighted by atomic mass is 15.4. The molecule has 0 bridgehead atoms. The highest BCUT2D eigenvalue weighted by Crippen LogP contribution is 2.17. The summed E-state index contributed by atoms with van der Waals surface area (Å²) in [6, 6.07) is 5.96. The van der Waals surface area contributed by atoms with Crippen LogP contribution in [-0.2, 0) is 19.9 Å². The molecule has 1 aliphatic rings. The molecule has 1 fully saturated rings. The third kappa shape index (κ3) is 2.82. The topological polar surface area (TPSA) is 87.9 Å². The lowest BCUT2D eigenvalue weighted by atomic mass is 10.2. The van der Waals surface area contributed by atoms with E-state index in [4.69, 9.17) is 10.2 Å². The number of anilines is 1. The van der Waals surface area contributed by atoms with Gasteiger partial charge in [-0.1, -0.05) is 0 Å². The summed E-state index contributed by atoms with van der Waals surface area (Å²) in [7, 11) is 1.94. The number of hydrogen-bond donors (Lipinski definition) is 0. The second-order valence-corrected chi connectivity index (χ2v) is 6.40.